The summed E-state index contributed by atoms with van der Waals surface area (Å²) in [4.78, 5) is 21.6. The first-order valence-corrected chi connectivity index (χ1v) is 7.36. The lowest BCUT2D eigenvalue weighted by atomic mass is 10.0. The molecule has 0 saturated carbocycles. The van der Waals surface area contributed by atoms with Crippen LogP contribution in [0.2, 0.25) is 0 Å². The molecule has 3 N–H and O–H groups in total. The Balaban J connectivity index is 0. The minimum absolute atomic E-state index is 0.375. The molecule has 0 aromatic rings. The van der Waals surface area contributed by atoms with Crippen LogP contribution in [0.3, 0.4) is 0 Å². The predicted octanol–water partition coefficient (Wildman–Crippen LogP) is 3.58. The van der Waals surface area contributed by atoms with E-state index in [4.69, 9.17) is 5.73 Å². The summed E-state index contributed by atoms with van der Waals surface area (Å²) >= 11 is 3.26. The van der Waals surface area contributed by atoms with Crippen molar-refractivity contribution in [3.63, 3.8) is 0 Å². The van der Waals surface area contributed by atoms with Crippen LogP contribution >= 0.6 is 15.9 Å². The van der Waals surface area contributed by atoms with Gasteiger partial charge in [0, 0.05) is 0 Å². The molecule has 0 heterocycles. The molecule has 5 heteroatoms. The van der Waals surface area contributed by atoms with Gasteiger partial charge in [0.25, 0.3) is 0 Å². The summed E-state index contributed by atoms with van der Waals surface area (Å²) in [7, 11) is 0. The average Bonchev–Trinajstić information content (AvgIpc) is 2.36. The summed E-state index contributed by atoms with van der Waals surface area (Å²) in [6.45, 7) is 10.5. The van der Waals surface area contributed by atoms with Gasteiger partial charge in [0.15, 0.2) is 0 Å². The molecule has 0 aliphatic rings. The highest BCUT2D eigenvalue weighted by Crippen LogP contribution is 2.26. The fraction of sp³-hybridized carbons (Fsp3) is 0.846. The number of rotatable bonds is 5. The lowest BCUT2D eigenvalue weighted by Gasteiger charge is -2.21. The van der Waals surface area contributed by atoms with Crippen LogP contribution in [0.25, 0.3) is 0 Å². The summed E-state index contributed by atoms with van der Waals surface area (Å²) < 4.78 is -0.665. The fourth-order valence-corrected chi connectivity index (χ4v) is 1.18. The van der Waals surface area contributed by atoms with Gasteiger partial charge in [-0.25, -0.2) is 4.79 Å². The van der Waals surface area contributed by atoms with Crippen molar-refractivity contribution >= 4 is 27.9 Å². The number of halogens is 1. The number of nitrogens with two attached hydrogens (primary N) is 1. The van der Waals surface area contributed by atoms with Crippen molar-refractivity contribution in [2.24, 2.45) is 11.7 Å². The molecule has 0 unspecified atom stereocenters. The maximum Gasteiger partial charge on any atom is 0.318 e. The zero-order valence-electron chi connectivity index (χ0n) is 12.2. The van der Waals surface area contributed by atoms with E-state index in [-0.39, 0.29) is 5.91 Å². The Labute approximate surface area is 119 Å². The lowest BCUT2D eigenvalue weighted by Crippen LogP contribution is -2.46. The Hall–Kier alpha value is -0.580. The molecular formula is C13H27BrN2O2. The Bertz CT molecular complexity index is 249. The van der Waals surface area contributed by atoms with Crippen molar-refractivity contribution in [1.82, 2.24) is 5.32 Å². The molecule has 0 rings (SSSR count). The van der Waals surface area contributed by atoms with Gasteiger partial charge >= 0.3 is 6.03 Å². The number of urea groups is 1. The second kappa shape index (κ2) is 10.4. The molecule has 0 aromatic heterocycles. The summed E-state index contributed by atoms with van der Waals surface area (Å²) in [6.07, 6.45) is 3.89. The fourth-order valence-electron chi connectivity index (χ4n) is 1.08. The van der Waals surface area contributed by atoms with Crippen molar-refractivity contribution < 1.29 is 9.59 Å². The lowest BCUT2D eigenvalue weighted by molar-refractivity contribution is -0.122. The van der Waals surface area contributed by atoms with E-state index in [1.54, 1.807) is 0 Å². The monoisotopic (exact) mass is 322 g/mol. The van der Waals surface area contributed by atoms with Crippen LogP contribution in [-0.4, -0.2) is 16.3 Å². The summed E-state index contributed by atoms with van der Waals surface area (Å²) in [5, 5.41) is 2.04. The number of carbonyl (C=O) groups is 2. The largest absolute Gasteiger partial charge is 0.351 e. The first kappa shape index (κ1) is 19.8. The molecule has 0 saturated heterocycles. The Morgan fingerprint density at radius 3 is 1.72 bits per heavy atom. The van der Waals surface area contributed by atoms with Gasteiger partial charge in [-0.05, 0) is 18.8 Å². The van der Waals surface area contributed by atoms with Gasteiger partial charge in [0.1, 0.15) is 4.32 Å². The Morgan fingerprint density at radius 2 is 1.56 bits per heavy atom. The molecule has 0 aliphatic carbocycles. The van der Waals surface area contributed by atoms with E-state index in [0.717, 1.165) is 5.92 Å². The number of primary amides is 1. The van der Waals surface area contributed by atoms with Gasteiger partial charge in [0.05, 0.1) is 0 Å². The van der Waals surface area contributed by atoms with Gasteiger partial charge in [0.2, 0.25) is 5.91 Å². The third-order valence-electron chi connectivity index (χ3n) is 3.16. The number of hydrogen-bond donors (Lipinski definition) is 2. The molecule has 0 bridgehead atoms. The molecule has 3 amide bonds. The molecule has 108 valence electrons. The predicted molar refractivity (Wildman–Crippen MR) is 79.7 cm³/mol. The van der Waals surface area contributed by atoms with Crippen LogP contribution in [0.15, 0.2) is 0 Å². The molecular weight excluding hydrogens is 296 g/mol. The van der Waals surface area contributed by atoms with Crippen molar-refractivity contribution in [2.75, 3.05) is 0 Å². The van der Waals surface area contributed by atoms with E-state index >= 15 is 0 Å². The van der Waals surface area contributed by atoms with E-state index in [0.29, 0.717) is 12.8 Å². The second-order valence-corrected chi connectivity index (χ2v) is 5.93. The van der Waals surface area contributed by atoms with Gasteiger partial charge in [-0.1, -0.05) is 63.4 Å². The standard InChI is InChI=1S/C7H13BrN2O2.C6H14/c1-3-7(8,4-2)5(11)10-6(9)12;1-4-6(3)5-2/h3-4H2,1-2H3,(H3,9,10,11,12);6H,4-5H2,1-3H3. The van der Waals surface area contributed by atoms with Crippen LogP contribution in [0.5, 0.6) is 0 Å². The van der Waals surface area contributed by atoms with E-state index in [2.05, 4.69) is 36.7 Å². The maximum atomic E-state index is 11.3. The summed E-state index contributed by atoms with van der Waals surface area (Å²) in [5.41, 5.74) is 4.81. The smallest absolute Gasteiger partial charge is 0.318 e. The number of nitrogens with one attached hydrogen (secondary N) is 1. The molecule has 0 atom stereocenters. The van der Waals surface area contributed by atoms with Crippen molar-refractivity contribution in [3.05, 3.63) is 0 Å². The Kier molecular flexibility index (Phi) is 11.4. The first-order chi connectivity index (χ1) is 8.27. The highest BCUT2D eigenvalue weighted by atomic mass is 79.9. The van der Waals surface area contributed by atoms with Gasteiger partial charge in [-0.3, -0.25) is 10.1 Å². The van der Waals surface area contributed by atoms with Crippen molar-refractivity contribution in [3.8, 4) is 0 Å². The molecule has 18 heavy (non-hydrogen) atoms. The molecule has 0 aromatic carbocycles. The molecule has 4 nitrogen and oxygen atoms in total. The number of carbonyl (C=O) groups excluding carboxylic acids is 2. The van der Waals surface area contributed by atoms with Crippen LogP contribution in [0.1, 0.15) is 60.3 Å². The topological polar surface area (TPSA) is 72.2 Å². The second-order valence-electron chi connectivity index (χ2n) is 4.41. The maximum absolute atomic E-state index is 11.3. The van der Waals surface area contributed by atoms with Crippen molar-refractivity contribution in [2.45, 2.75) is 64.6 Å². The molecule has 0 spiro atoms. The number of imide groups is 1. The number of hydrogen-bond acceptors (Lipinski definition) is 2. The normalized spacial score (nSPS) is 10.6. The minimum atomic E-state index is -0.814. The zero-order chi connectivity index (χ0) is 14.8. The average molecular weight is 323 g/mol. The highest BCUT2D eigenvalue weighted by Gasteiger charge is 2.32. The van der Waals surface area contributed by atoms with Gasteiger partial charge in [-0.2, -0.15) is 0 Å². The SMILES string of the molecule is CCC(Br)(CC)C(=O)NC(N)=O.CCC(C)CC. The molecule has 0 radical (unpaired) electrons. The molecule has 0 aliphatic heterocycles. The van der Waals surface area contributed by atoms with E-state index in [1.807, 2.05) is 19.2 Å². The zero-order valence-corrected chi connectivity index (χ0v) is 13.8. The Morgan fingerprint density at radius 1 is 1.17 bits per heavy atom. The van der Waals surface area contributed by atoms with Crippen LogP contribution in [0, 0.1) is 5.92 Å². The minimum Gasteiger partial charge on any atom is -0.351 e. The van der Waals surface area contributed by atoms with E-state index in [1.165, 1.54) is 12.8 Å². The number of alkyl halides is 1. The van der Waals surface area contributed by atoms with E-state index in [9.17, 15) is 9.59 Å². The van der Waals surface area contributed by atoms with Crippen LogP contribution < -0.4 is 11.1 Å². The third-order valence-corrected chi connectivity index (χ3v) is 4.64. The van der Waals surface area contributed by atoms with Crippen molar-refractivity contribution in [1.29, 1.82) is 0 Å². The van der Waals surface area contributed by atoms with Crippen LogP contribution in [-0.2, 0) is 4.79 Å². The molecule has 0 fully saturated rings. The van der Waals surface area contributed by atoms with E-state index < -0.39 is 10.4 Å². The number of amides is 3. The summed E-state index contributed by atoms with van der Waals surface area (Å²) in [6, 6.07) is -0.814. The van der Waals surface area contributed by atoms with Crippen LogP contribution in [0.4, 0.5) is 4.79 Å². The highest BCUT2D eigenvalue weighted by molar-refractivity contribution is 9.10. The summed E-state index contributed by atoms with van der Waals surface area (Å²) in [5.74, 6) is 0.560. The first-order valence-electron chi connectivity index (χ1n) is 6.57. The van der Waals surface area contributed by atoms with Gasteiger partial charge < -0.3 is 5.73 Å². The third kappa shape index (κ3) is 8.50. The quantitative estimate of drug-likeness (QED) is 0.759. The van der Waals surface area contributed by atoms with Gasteiger partial charge in [-0.15, -0.1) is 0 Å².